The molecule has 5 rings (SSSR count). The van der Waals surface area contributed by atoms with Crippen molar-refractivity contribution in [2.45, 2.75) is 26.4 Å². The van der Waals surface area contributed by atoms with E-state index in [0.29, 0.717) is 11.5 Å². The number of aliphatic hydroxyl groups is 1. The van der Waals surface area contributed by atoms with Crippen LogP contribution in [0.25, 0.3) is 0 Å². The highest BCUT2D eigenvalue weighted by atomic mass is 31.1. The number of benzene rings is 4. The van der Waals surface area contributed by atoms with Gasteiger partial charge in [0.25, 0.3) is 0 Å². The Labute approximate surface area is 216 Å². The van der Waals surface area contributed by atoms with Gasteiger partial charge in [-0.3, -0.25) is 0 Å². The van der Waals surface area contributed by atoms with Crippen molar-refractivity contribution >= 4 is 23.8 Å². The second kappa shape index (κ2) is 13.5. The highest BCUT2D eigenvalue weighted by Crippen LogP contribution is 2.32. The smallest absolute Gasteiger partial charge is 0.126 e. The molecule has 0 aromatic heterocycles. The number of rotatable bonds is 8. The summed E-state index contributed by atoms with van der Waals surface area (Å²) < 4.78 is 13.7. The van der Waals surface area contributed by atoms with Gasteiger partial charge in [-0.2, -0.15) is 0 Å². The molecule has 4 heteroatoms. The van der Waals surface area contributed by atoms with E-state index in [4.69, 9.17) is 5.11 Å². The third kappa shape index (κ3) is 7.11. The van der Waals surface area contributed by atoms with E-state index in [0.717, 1.165) is 31.6 Å². The topological polar surface area (TPSA) is 23.5 Å². The largest absolute Gasteiger partial charge is 0.392 e. The number of halogens is 1. The Morgan fingerprint density at radius 3 is 1.69 bits per heavy atom. The zero-order chi connectivity index (χ0) is 25.2. The minimum atomic E-state index is -0.446. The first kappa shape index (κ1) is 26.2. The van der Waals surface area contributed by atoms with E-state index in [-0.39, 0.29) is 12.4 Å². The molecule has 0 amide bonds. The van der Waals surface area contributed by atoms with Crippen LogP contribution < -0.4 is 15.9 Å². The van der Waals surface area contributed by atoms with Gasteiger partial charge in [0, 0.05) is 13.1 Å². The van der Waals surface area contributed by atoms with Crippen molar-refractivity contribution in [3.8, 4) is 0 Å². The van der Waals surface area contributed by atoms with Crippen LogP contribution in [0.1, 0.15) is 24.5 Å². The average molecular weight is 500 g/mol. The molecule has 1 heterocycles. The van der Waals surface area contributed by atoms with E-state index >= 15 is 0 Å². The van der Waals surface area contributed by atoms with Gasteiger partial charge in [-0.05, 0) is 66.3 Å². The second-order valence-electron chi connectivity index (χ2n) is 9.26. The molecule has 1 saturated heterocycles. The van der Waals surface area contributed by atoms with Crippen LogP contribution in [0.3, 0.4) is 0 Å². The molecule has 4 aromatic carbocycles. The van der Waals surface area contributed by atoms with Gasteiger partial charge >= 0.3 is 0 Å². The van der Waals surface area contributed by atoms with Gasteiger partial charge in [0.05, 0.1) is 6.61 Å². The lowest BCUT2D eigenvalue weighted by atomic mass is 9.91. The van der Waals surface area contributed by atoms with Crippen LogP contribution in [0.2, 0.25) is 0 Å². The predicted octanol–water partition coefficient (Wildman–Crippen LogP) is 5.65. The fourth-order valence-corrected chi connectivity index (χ4v) is 6.95. The summed E-state index contributed by atoms with van der Waals surface area (Å²) in [4.78, 5) is 2.41. The van der Waals surface area contributed by atoms with Crippen LogP contribution in [0.4, 0.5) is 4.39 Å². The minimum absolute atomic E-state index is 0.0924. The molecule has 0 spiro atoms. The molecule has 0 aliphatic carbocycles. The van der Waals surface area contributed by atoms with Crippen LogP contribution in [-0.2, 0) is 13.0 Å². The normalized spacial score (nSPS) is 13.7. The Balaban J connectivity index is 0.000000170. The zero-order valence-corrected chi connectivity index (χ0v) is 21.8. The summed E-state index contributed by atoms with van der Waals surface area (Å²) >= 11 is 0. The second-order valence-corrected chi connectivity index (χ2v) is 11.5. The fourth-order valence-electron chi connectivity index (χ4n) is 4.65. The van der Waals surface area contributed by atoms with Gasteiger partial charge < -0.3 is 10.0 Å². The van der Waals surface area contributed by atoms with Gasteiger partial charge in [0.15, 0.2) is 0 Å². The maximum absolute atomic E-state index is 13.7. The van der Waals surface area contributed by atoms with Crippen LogP contribution in [0.15, 0.2) is 109 Å². The van der Waals surface area contributed by atoms with Crippen LogP contribution in [0.5, 0.6) is 0 Å². The molecule has 0 atom stereocenters. The van der Waals surface area contributed by atoms with Crippen molar-refractivity contribution in [2.75, 3.05) is 19.6 Å². The van der Waals surface area contributed by atoms with Gasteiger partial charge in [0.1, 0.15) is 5.82 Å². The molecule has 4 aromatic rings. The highest BCUT2D eigenvalue weighted by molar-refractivity contribution is 7.79. The monoisotopic (exact) mass is 499 g/mol. The van der Waals surface area contributed by atoms with Crippen molar-refractivity contribution in [3.63, 3.8) is 0 Å². The van der Waals surface area contributed by atoms with Crippen molar-refractivity contribution in [1.29, 1.82) is 0 Å². The Kier molecular flexibility index (Phi) is 9.81. The Morgan fingerprint density at radius 2 is 1.28 bits per heavy atom. The third-order valence-electron chi connectivity index (χ3n) is 6.42. The molecule has 0 unspecified atom stereocenters. The molecule has 1 aliphatic rings. The number of hydrogen-bond acceptors (Lipinski definition) is 2. The molecule has 1 aliphatic heterocycles. The van der Waals surface area contributed by atoms with E-state index < -0.39 is 7.92 Å². The van der Waals surface area contributed by atoms with Crippen molar-refractivity contribution in [2.24, 2.45) is 5.92 Å². The van der Waals surface area contributed by atoms with Crippen LogP contribution in [0, 0.1) is 11.7 Å². The highest BCUT2D eigenvalue weighted by Gasteiger charge is 2.26. The third-order valence-corrected chi connectivity index (χ3v) is 8.87. The van der Waals surface area contributed by atoms with E-state index in [1.54, 1.807) is 6.07 Å². The first-order valence-corrected chi connectivity index (χ1v) is 14.1. The Bertz CT molecular complexity index is 1090. The Morgan fingerprint density at radius 1 is 0.778 bits per heavy atom. The summed E-state index contributed by atoms with van der Waals surface area (Å²) in [5.41, 5.74) is 1.43. The molecule has 36 heavy (non-hydrogen) atoms. The predicted molar refractivity (Wildman–Crippen MR) is 151 cm³/mol. The molecule has 1 fully saturated rings. The van der Waals surface area contributed by atoms with Crippen LogP contribution >= 0.6 is 7.92 Å². The maximum Gasteiger partial charge on any atom is 0.126 e. The van der Waals surface area contributed by atoms with Crippen molar-refractivity contribution in [1.82, 2.24) is 4.90 Å². The van der Waals surface area contributed by atoms with Gasteiger partial charge in [-0.1, -0.05) is 110 Å². The van der Waals surface area contributed by atoms with Gasteiger partial charge in [-0.15, -0.1) is 0 Å². The number of hydrogen-bond donors (Lipinski definition) is 1. The SMILES string of the molecule is CCCN1CC(Cc2ccc(CO)cc2F)C1.c1ccc(P(c2ccccc2)c2ccccc2)cc1. The summed E-state index contributed by atoms with van der Waals surface area (Å²) in [7, 11) is -0.446. The lowest BCUT2D eigenvalue weighted by Crippen LogP contribution is -2.47. The first-order chi connectivity index (χ1) is 17.7. The summed E-state index contributed by atoms with van der Waals surface area (Å²) in [6.07, 6.45) is 2.00. The molecule has 1 N–H and O–H groups in total. The van der Waals surface area contributed by atoms with Crippen molar-refractivity contribution < 1.29 is 9.50 Å². The van der Waals surface area contributed by atoms with E-state index in [1.807, 2.05) is 6.07 Å². The zero-order valence-electron chi connectivity index (χ0n) is 20.9. The summed E-state index contributed by atoms with van der Waals surface area (Å²) in [6, 6.07) is 37.4. The van der Waals surface area contributed by atoms with E-state index in [9.17, 15) is 4.39 Å². The lowest BCUT2D eigenvalue weighted by Gasteiger charge is -2.39. The minimum Gasteiger partial charge on any atom is -0.392 e. The summed E-state index contributed by atoms with van der Waals surface area (Å²) in [6.45, 7) is 5.43. The van der Waals surface area contributed by atoms with E-state index in [1.165, 1.54) is 28.4 Å². The quantitative estimate of drug-likeness (QED) is 0.317. The summed E-state index contributed by atoms with van der Waals surface area (Å²) in [5, 5.41) is 13.1. The van der Waals surface area contributed by atoms with Crippen molar-refractivity contribution in [3.05, 3.63) is 126 Å². The van der Waals surface area contributed by atoms with Gasteiger partial charge in [0.2, 0.25) is 0 Å². The number of likely N-dealkylation sites (tertiary alicyclic amines) is 1. The maximum atomic E-state index is 13.7. The standard InChI is InChI=1S/C18H15P.C14H20FNO/c1-4-10-16(11-5-1)19(17-12-6-2-7-13-17)18-14-8-3-9-15-18;1-2-5-16-8-12(9-16)6-13-4-3-11(10-17)7-14(13)15/h1-15H;3-4,7,12,17H,2,5-6,8-10H2,1H3. The number of aliphatic hydroxyl groups excluding tert-OH is 1. The molecule has 0 bridgehead atoms. The molecular weight excluding hydrogens is 464 g/mol. The van der Waals surface area contributed by atoms with Crippen LogP contribution in [-0.4, -0.2) is 29.6 Å². The fraction of sp³-hybridized carbons (Fsp3) is 0.250. The summed E-state index contributed by atoms with van der Waals surface area (Å²) in [5.74, 6) is 0.418. The molecule has 0 radical (unpaired) electrons. The average Bonchev–Trinajstić information content (AvgIpc) is 2.91. The Hall–Kier alpha value is -2.84. The van der Waals surface area contributed by atoms with Gasteiger partial charge in [-0.25, -0.2) is 4.39 Å². The molecule has 186 valence electrons. The first-order valence-electron chi connectivity index (χ1n) is 12.7. The van der Waals surface area contributed by atoms with E-state index in [2.05, 4.69) is 103 Å². The number of nitrogens with zero attached hydrogens (tertiary/aromatic N) is 1. The lowest BCUT2D eigenvalue weighted by molar-refractivity contribution is 0.100. The molecule has 0 saturated carbocycles. The molecule has 2 nitrogen and oxygen atoms in total. The molecular formula is C32H35FNOP.